The number of ether oxygens (including phenoxy) is 2. The van der Waals surface area contributed by atoms with Gasteiger partial charge in [-0.2, -0.15) is 0 Å². The van der Waals surface area contributed by atoms with Crippen molar-refractivity contribution in [2.75, 3.05) is 26.1 Å². The zero-order chi connectivity index (χ0) is 18.7. The van der Waals surface area contributed by atoms with Gasteiger partial charge < -0.3 is 14.8 Å². The highest BCUT2D eigenvalue weighted by Gasteiger charge is 2.46. The topological polar surface area (TPSA) is 50.8 Å². The van der Waals surface area contributed by atoms with Crippen LogP contribution in [0.2, 0.25) is 0 Å². The molecule has 1 fully saturated rings. The van der Waals surface area contributed by atoms with E-state index in [0.717, 1.165) is 6.54 Å². The smallest absolute Gasteiger partial charge is 0.244 e. The van der Waals surface area contributed by atoms with Crippen LogP contribution in [0, 0.1) is 5.82 Å². The Balaban J connectivity index is 1.72. The van der Waals surface area contributed by atoms with Crippen LogP contribution in [0.1, 0.15) is 18.9 Å². The number of nitrogens with zero attached hydrogens (tertiary/aromatic N) is 1. The minimum atomic E-state index is -0.682. The summed E-state index contributed by atoms with van der Waals surface area (Å²) in [5, 5.41) is 2.93. The number of benzene rings is 2. The molecule has 1 amide bonds. The van der Waals surface area contributed by atoms with E-state index in [1.165, 1.54) is 7.11 Å². The van der Waals surface area contributed by atoms with E-state index in [1.54, 1.807) is 31.4 Å². The van der Waals surface area contributed by atoms with Crippen molar-refractivity contribution in [2.24, 2.45) is 0 Å². The van der Waals surface area contributed by atoms with Gasteiger partial charge in [-0.25, -0.2) is 4.39 Å². The summed E-state index contributed by atoms with van der Waals surface area (Å²) in [5.74, 6) is 0.403. The number of halogens is 1. The lowest BCUT2D eigenvalue weighted by Gasteiger charge is -2.49. The molecule has 1 atom stereocenters. The third-order valence-corrected chi connectivity index (χ3v) is 5.01. The molecule has 6 heteroatoms. The van der Waals surface area contributed by atoms with Gasteiger partial charge in [-0.15, -0.1) is 0 Å². The van der Waals surface area contributed by atoms with Crippen LogP contribution < -0.4 is 14.8 Å². The van der Waals surface area contributed by atoms with Gasteiger partial charge in [-0.1, -0.05) is 18.2 Å². The van der Waals surface area contributed by atoms with Crippen molar-refractivity contribution in [1.29, 1.82) is 0 Å². The van der Waals surface area contributed by atoms with Crippen molar-refractivity contribution in [3.63, 3.8) is 0 Å². The zero-order valence-corrected chi connectivity index (χ0v) is 15.2. The zero-order valence-electron chi connectivity index (χ0n) is 15.2. The maximum atomic E-state index is 14.4. The fraction of sp³-hybridized carbons (Fsp3) is 0.350. The highest BCUT2D eigenvalue weighted by Crippen LogP contribution is 2.34. The Morgan fingerprint density at radius 3 is 2.65 bits per heavy atom. The number of carbonyl (C=O) groups is 1. The molecule has 5 nitrogen and oxygen atoms in total. The van der Waals surface area contributed by atoms with Crippen LogP contribution in [-0.2, 0) is 11.3 Å². The Labute approximate surface area is 152 Å². The highest BCUT2D eigenvalue weighted by molar-refractivity contribution is 5.98. The lowest BCUT2D eigenvalue weighted by Crippen LogP contribution is -2.63. The lowest BCUT2D eigenvalue weighted by molar-refractivity contribution is -0.136. The molecule has 138 valence electrons. The molecule has 2 aromatic carbocycles. The Morgan fingerprint density at radius 2 is 2.00 bits per heavy atom. The summed E-state index contributed by atoms with van der Waals surface area (Å²) in [6.07, 6.45) is 0.717. The summed E-state index contributed by atoms with van der Waals surface area (Å²) >= 11 is 0. The first-order valence-electron chi connectivity index (χ1n) is 8.50. The quantitative estimate of drug-likeness (QED) is 0.859. The molecule has 1 N–H and O–H groups in total. The minimum Gasteiger partial charge on any atom is -0.497 e. The standard InChI is InChI=1S/C20H23FN2O3/c1-20(19(24)22-15-7-5-8-16(12-15)25-2)10-11-23(20)13-14-6-4-9-17(26-3)18(14)21/h4-9,12H,10-11,13H2,1-3H3,(H,22,24). The Bertz CT molecular complexity index is 811. The Kier molecular flexibility index (Phi) is 5.13. The Morgan fingerprint density at radius 1 is 1.23 bits per heavy atom. The van der Waals surface area contributed by atoms with Crippen LogP contribution in [0.25, 0.3) is 0 Å². The van der Waals surface area contributed by atoms with Gasteiger partial charge in [0.25, 0.3) is 0 Å². The van der Waals surface area contributed by atoms with Crippen LogP contribution in [0.3, 0.4) is 0 Å². The molecule has 1 aliphatic heterocycles. The molecule has 26 heavy (non-hydrogen) atoms. The number of anilines is 1. The maximum absolute atomic E-state index is 14.4. The van der Waals surface area contributed by atoms with E-state index in [0.29, 0.717) is 30.0 Å². The van der Waals surface area contributed by atoms with Gasteiger partial charge in [-0.05, 0) is 31.5 Å². The predicted molar refractivity (Wildman–Crippen MR) is 98.0 cm³/mol. The van der Waals surface area contributed by atoms with Gasteiger partial charge >= 0.3 is 0 Å². The number of hydrogen-bond acceptors (Lipinski definition) is 4. The second-order valence-electron chi connectivity index (χ2n) is 6.56. The molecule has 0 bridgehead atoms. The molecule has 0 aliphatic carbocycles. The first-order valence-corrected chi connectivity index (χ1v) is 8.50. The number of carbonyl (C=O) groups excluding carboxylic acids is 1. The monoisotopic (exact) mass is 358 g/mol. The van der Waals surface area contributed by atoms with Gasteiger partial charge in [-0.3, -0.25) is 9.69 Å². The number of likely N-dealkylation sites (tertiary alicyclic amines) is 1. The highest BCUT2D eigenvalue weighted by atomic mass is 19.1. The van der Waals surface area contributed by atoms with Crippen molar-refractivity contribution in [1.82, 2.24) is 4.90 Å². The third-order valence-electron chi connectivity index (χ3n) is 5.01. The van der Waals surface area contributed by atoms with Crippen molar-refractivity contribution < 1.29 is 18.7 Å². The van der Waals surface area contributed by atoms with Crippen molar-refractivity contribution in [3.8, 4) is 11.5 Å². The molecule has 0 aromatic heterocycles. The molecule has 1 saturated heterocycles. The molecule has 0 saturated carbocycles. The van der Waals surface area contributed by atoms with Gasteiger partial charge in [0.05, 0.1) is 19.8 Å². The van der Waals surface area contributed by atoms with Crippen molar-refractivity contribution >= 4 is 11.6 Å². The normalized spacial score (nSPS) is 19.5. The summed E-state index contributed by atoms with van der Waals surface area (Å²) in [5.41, 5.74) is 0.512. The van der Waals surface area contributed by atoms with E-state index in [-0.39, 0.29) is 17.5 Å². The summed E-state index contributed by atoms with van der Waals surface area (Å²) in [6, 6.07) is 12.3. The first kappa shape index (κ1) is 18.2. The average molecular weight is 358 g/mol. The van der Waals surface area contributed by atoms with Gasteiger partial charge in [0.2, 0.25) is 5.91 Å². The van der Waals surface area contributed by atoms with Crippen molar-refractivity contribution in [3.05, 3.63) is 53.8 Å². The number of nitrogens with one attached hydrogen (secondary N) is 1. The largest absolute Gasteiger partial charge is 0.497 e. The Hall–Kier alpha value is -2.60. The van der Waals surface area contributed by atoms with Crippen LogP contribution in [0.5, 0.6) is 11.5 Å². The maximum Gasteiger partial charge on any atom is 0.244 e. The van der Waals surface area contributed by atoms with E-state index in [4.69, 9.17) is 9.47 Å². The minimum absolute atomic E-state index is 0.111. The first-order chi connectivity index (χ1) is 12.5. The molecule has 0 radical (unpaired) electrons. The van der Waals surface area contributed by atoms with Crippen LogP contribution in [0.15, 0.2) is 42.5 Å². The molecule has 1 unspecified atom stereocenters. The number of amides is 1. The summed E-state index contributed by atoms with van der Waals surface area (Å²) < 4.78 is 24.6. The summed E-state index contributed by atoms with van der Waals surface area (Å²) in [7, 11) is 3.02. The van der Waals surface area contributed by atoms with Gasteiger partial charge in [0.15, 0.2) is 11.6 Å². The van der Waals surface area contributed by atoms with E-state index < -0.39 is 5.54 Å². The van der Waals surface area contributed by atoms with E-state index >= 15 is 0 Å². The molecule has 1 heterocycles. The summed E-state index contributed by atoms with van der Waals surface area (Å²) in [4.78, 5) is 14.8. The van der Waals surface area contributed by atoms with Gasteiger partial charge in [0, 0.05) is 30.4 Å². The summed E-state index contributed by atoms with van der Waals surface area (Å²) in [6.45, 7) is 2.97. The van der Waals surface area contributed by atoms with E-state index in [1.807, 2.05) is 30.0 Å². The third kappa shape index (κ3) is 3.37. The predicted octanol–water partition coefficient (Wildman–Crippen LogP) is 3.45. The van der Waals surface area contributed by atoms with E-state index in [2.05, 4.69) is 5.32 Å². The second-order valence-corrected chi connectivity index (χ2v) is 6.56. The molecular weight excluding hydrogens is 335 g/mol. The fourth-order valence-electron chi connectivity index (χ4n) is 3.12. The lowest BCUT2D eigenvalue weighted by atomic mass is 9.85. The second kappa shape index (κ2) is 7.33. The van der Waals surface area contributed by atoms with Gasteiger partial charge in [0.1, 0.15) is 5.75 Å². The molecule has 0 spiro atoms. The van der Waals surface area contributed by atoms with E-state index in [9.17, 15) is 9.18 Å². The molecular formula is C20H23FN2O3. The molecule has 1 aliphatic rings. The van der Waals surface area contributed by atoms with Crippen molar-refractivity contribution in [2.45, 2.75) is 25.4 Å². The molecule has 3 rings (SSSR count). The SMILES string of the molecule is COc1cccc(NC(=O)C2(C)CCN2Cc2cccc(OC)c2F)c1. The molecule has 2 aromatic rings. The van der Waals surface area contributed by atoms with Crippen LogP contribution >= 0.6 is 0 Å². The fourth-order valence-corrected chi connectivity index (χ4v) is 3.12. The number of hydrogen-bond donors (Lipinski definition) is 1. The average Bonchev–Trinajstić information content (AvgIpc) is 2.65. The van der Waals surface area contributed by atoms with Crippen LogP contribution in [0.4, 0.5) is 10.1 Å². The number of rotatable bonds is 6. The number of methoxy groups -OCH3 is 2. The van der Waals surface area contributed by atoms with Crippen LogP contribution in [-0.4, -0.2) is 37.1 Å².